The predicted molar refractivity (Wildman–Crippen MR) is 92.9 cm³/mol. The van der Waals surface area contributed by atoms with Gasteiger partial charge in [-0.1, -0.05) is 6.58 Å². The summed E-state index contributed by atoms with van der Waals surface area (Å²) in [6.07, 6.45) is 0. The molecule has 140 valence electrons. The molecule has 9 nitrogen and oxygen atoms in total. The second-order valence-corrected chi connectivity index (χ2v) is 6.46. The maximum atomic E-state index is 12.0. The van der Waals surface area contributed by atoms with Gasteiger partial charge >= 0.3 is 25.9 Å². The lowest BCUT2D eigenvalue weighted by atomic mass is 10.3. The van der Waals surface area contributed by atoms with E-state index >= 15 is 0 Å². The highest BCUT2D eigenvalue weighted by atomic mass is 31.1. The van der Waals surface area contributed by atoms with E-state index in [0.29, 0.717) is 11.0 Å². The number of ether oxygens (including phenoxy) is 1. The van der Waals surface area contributed by atoms with Crippen molar-refractivity contribution in [3.05, 3.63) is 36.4 Å². The number of anilines is 1. The van der Waals surface area contributed by atoms with Gasteiger partial charge in [0.1, 0.15) is 26.3 Å². The summed E-state index contributed by atoms with van der Waals surface area (Å²) in [5.74, 6) is -2.91. The Morgan fingerprint density at radius 1 is 1.08 bits per heavy atom. The van der Waals surface area contributed by atoms with Crippen LogP contribution >= 0.6 is 8.03 Å². The molecular formula is C16H19NO8P+. The fourth-order valence-electron chi connectivity index (χ4n) is 1.80. The topological polar surface area (TPSA) is 130 Å². The van der Waals surface area contributed by atoms with Gasteiger partial charge in [0, 0.05) is 11.3 Å². The minimum absolute atomic E-state index is 0.0693. The first kappa shape index (κ1) is 21.3. The summed E-state index contributed by atoms with van der Waals surface area (Å²) in [7, 11) is -2.20. The van der Waals surface area contributed by atoms with Crippen LogP contribution in [0, 0.1) is 0 Å². The zero-order valence-corrected chi connectivity index (χ0v) is 15.0. The highest BCUT2D eigenvalue weighted by molar-refractivity contribution is 7.48. The number of carbonyl (C=O) groups is 3. The van der Waals surface area contributed by atoms with E-state index in [0.717, 1.165) is 4.90 Å². The van der Waals surface area contributed by atoms with Gasteiger partial charge in [0.2, 0.25) is 5.30 Å². The molecule has 1 rings (SSSR count). The normalized spacial score (nSPS) is 10.7. The summed E-state index contributed by atoms with van der Waals surface area (Å²) in [6.45, 7) is 3.82. The number of rotatable bonds is 11. The Kier molecular flexibility index (Phi) is 8.41. The molecule has 1 unspecified atom stereocenters. The number of hydrogen-bond donors (Lipinski definition) is 2. The van der Waals surface area contributed by atoms with E-state index in [1.165, 1.54) is 31.2 Å². The molecule has 0 saturated carbocycles. The third-order valence-corrected chi connectivity index (χ3v) is 4.09. The van der Waals surface area contributed by atoms with Gasteiger partial charge in [-0.3, -0.25) is 9.59 Å². The molecule has 0 spiro atoms. The predicted octanol–water partition coefficient (Wildman–Crippen LogP) is 1.17. The summed E-state index contributed by atoms with van der Waals surface area (Å²) < 4.78 is 21.9. The molecule has 0 fully saturated rings. The van der Waals surface area contributed by atoms with Gasteiger partial charge in [-0.15, -0.1) is 4.52 Å². The molecule has 0 aliphatic carbocycles. The molecule has 10 heteroatoms. The number of benzene rings is 1. The van der Waals surface area contributed by atoms with Crippen LogP contribution in [-0.4, -0.2) is 54.4 Å². The molecule has 2 N–H and O–H groups in total. The number of esters is 1. The molecule has 1 aromatic rings. The lowest BCUT2D eigenvalue weighted by Crippen LogP contribution is -2.34. The van der Waals surface area contributed by atoms with Gasteiger partial charge in [-0.2, -0.15) is 0 Å². The molecule has 0 aromatic heterocycles. The standard InChI is InChI=1S/C16H18NO8P/c1-11(2)16(22)24-7-8-25-26(23)13-5-3-12(4-6-13)17(9-14(18)19)10-15(20)21/h3-6H,1,7-10H2,2H3,(H-,18,19,20,21)/p+1. The summed E-state index contributed by atoms with van der Waals surface area (Å²) in [5.41, 5.74) is 0.606. The fourth-order valence-corrected chi connectivity index (χ4v) is 2.58. The van der Waals surface area contributed by atoms with Gasteiger partial charge in [0.15, 0.2) is 0 Å². The van der Waals surface area contributed by atoms with E-state index in [4.69, 9.17) is 19.5 Å². The first-order valence-electron chi connectivity index (χ1n) is 7.42. The fraction of sp³-hybridized carbons (Fsp3) is 0.312. The largest absolute Gasteiger partial charge is 0.548 e. The average Bonchev–Trinajstić information content (AvgIpc) is 2.57. The Morgan fingerprint density at radius 2 is 1.62 bits per heavy atom. The van der Waals surface area contributed by atoms with Crippen molar-refractivity contribution >= 4 is 36.9 Å². The van der Waals surface area contributed by atoms with Crippen LogP contribution in [0.4, 0.5) is 5.69 Å². The number of carboxylic acids is 2. The maximum Gasteiger partial charge on any atom is 0.548 e. The summed E-state index contributed by atoms with van der Waals surface area (Å²) >= 11 is 0. The summed E-state index contributed by atoms with van der Waals surface area (Å²) in [4.78, 5) is 34.0. The highest BCUT2D eigenvalue weighted by Crippen LogP contribution is 2.23. The van der Waals surface area contributed by atoms with Crippen molar-refractivity contribution in [2.75, 3.05) is 31.2 Å². The number of aliphatic carboxylic acids is 2. The van der Waals surface area contributed by atoms with Gasteiger partial charge in [-0.25, -0.2) is 4.79 Å². The smallest absolute Gasteiger partial charge is 0.480 e. The van der Waals surface area contributed by atoms with Gasteiger partial charge in [0.05, 0.1) is 0 Å². The van der Waals surface area contributed by atoms with Crippen LogP contribution in [0.25, 0.3) is 0 Å². The number of carboxylic acid groups (broad SMARTS) is 2. The summed E-state index contributed by atoms with van der Waals surface area (Å²) in [6, 6.07) is 5.81. The maximum absolute atomic E-state index is 12.0. The molecule has 1 aromatic carbocycles. The lowest BCUT2D eigenvalue weighted by Gasteiger charge is -2.20. The summed E-state index contributed by atoms with van der Waals surface area (Å²) in [5, 5.41) is 18.0. The molecule has 0 aliphatic heterocycles. The quantitative estimate of drug-likeness (QED) is 0.250. The van der Waals surface area contributed by atoms with Gasteiger partial charge < -0.3 is 19.8 Å². The number of carbonyl (C=O) groups excluding carboxylic acids is 1. The average molecular weight is 384 g/mol. The van der Waals surface area contributed by atoms with E-state index in [1.54, 1.807) is 0 Å². The third-order valence-electron chi connectivity index (χ3n) is 2.95. The molecule has 0 bridgehead atoms. The molecule has 1 atom stereocenters. The van der Waals surface area contributed by atoms with Crippen molar-refractivity contribution in [1.82, 2.24) is 0 Å². The first-order chi connectivity index (χ1) is 12.2. The first-order valence-corrected chi connectivity index (χ1v) is 8.60. The second-order valence-electron chi connectivity index (χ2n) is 5.17. The Labute approximate surface area is 150 Å². The van der Waals surface area contributed by atoms with E-state index in [1.807, 2.05) is 0 Å². The SMILES string of the molecule is C=C(C)C(=O)OCCO[P+](=O)c1ccc(N(CC(=O)O)CC(=O)O)cc1. The van der Waals surface area contributed by atoms with Crippen LogP contribution in [0.1, 0.15) is 6.92 Å². The van der Waals surface area contributed by atoms with Crippen molar-refractivity contribution in [3.63, 3.8) is 0 Å². The van der Waals surface area contributed by atoms with Crippen LogP contribution in [0.5, 0.6) is 0 Å². The zero-order valence-electron chi connectivity index (χ0n) is 14.1. The minimum Gasteiger partial charge on any atom is -0.480 e. The van der Waals surface area contributed by atoms with Crippen molar-refractivity contribution in [1.29, 1.82) is 0 Å². The Bertz CT molecular complexity index is 685. The molecule has 26 heavy (non-hydrogen) atoms. The van der Waals surface area contributed by atoms with E-state index in [-0.39, 0.29) is 18.8 Å². The Hall–Kier alpha value is -2.77. The third kappa shape index (κ3) is 7.42. The van der Waals surface area contributed by atoms with Crippen molar-refractivity contribution in [2.45, 2.75) is 6.92 Å². The van der Waals surface area contributed by atoms with Crippen LogP contribution in [-0.2, 0) is 28.2 Å². The van der Waals surface area contributed by atoms with E-state index in [9.17, 15) is 18.9 Å². The van der Waals surface area contributed by atoms with Crippen LogP contribution in [0.2, 0.25) is 0 Å². The van der Waals surface area contributed by atoms with Gasteiger partial charge in [0.25, 0.3) is 0 Å². The van der Waals surface area contributed by atoms with Crippen molar-refractivity contribution in [2.24, 2.45) is 0 Å². The zero-order chi connectivity index (χ0) is 19.7. The second kappa shape index (κ2) is 10.3. The van der Waals surface area contributed by atoms with Crippen molar-refractivity contribution < 1.29 is 38.4 Å². The molecule has 0 heterocycles. The van der Waals surface area contributed by atoms with Crippen LogP contribution in [0.15, 0.2) is 36.4 Å². The Balaban J connectivity index is 2.62. The van der Waals surface area contributed by atoms with Crippen molar-refractivity contribution in [3.8, 4) is 0 Å². The lowest BCUT2D eigenvalue weighted by molar-refractivity contribution is -0.140. The number of nitrogens with zero attached hydrogens (tertiary/aromatic N) is 1. The molecule has 0 radical (unpaired) electrons. The minimum atomic E-state index is -2.20. The van der Waals surface area contributed by atoms with Crippen LogP contribution < -0.4 is 10.2 Å². The highest BCUT2D eigenvalue weighted by Gasteiger charge is 2.23. The Morgan fingerprint density at radius 3 is 2.08 bits per heavy atom. The molecular weight excluding hydrogens is 365 g/mol. The molecule has 0 aliphatic rings. The van der Waals surface area contributed by atoms with Gasteiger partial charge in [-0.05, 0) is 35.8 Å². The molecule has 0 amide bonds. The van der Waals surface area contributed by atoms with E-state index < -0.39 is 39.0 Å². The number of hydrogen-bond acceptors (Lipinski definition) is 7. The van der Waals surface area contributed by atoms with E-state index in [2.05, 4.69) is 6.58 Å². The monoisotopic (exact) mass is 384 g/mol. The molecule has 0 saturated heterocycles. The van der Waals surface area contributed by atoms with Crippen LogP contribution in [0.3, 0.4) is 0 Å².